The number of nitrogens with zero attached hydrogens (tertiary/aromatic N) is 1. The summed E-state index contributed by atoms with van der Waals surface area (Å²) in [6.07, 6.45) is 7.40. The molecule has 0 fully saturated rings. The number of benzene rings is 5. The molecule has 0 saturated heterocycles. The van der Waals surface area contributed by atoms with Gasteiger partial charge in [-0.3, -0.25) is 0 Å². The molecule has 2 nitrogen and oxygen atoms in total. The first-order valence-electron chi connectivity index (χ1n) is 13.9. The van der Waals surface area contributed by atoms with E-state index in [-0.39, 0.29) is 0 Å². The van der Waals surface area contributed by atoms with Gasteiger partial charge in [0.2, 0.25) is 0 Å². The molecule has 0 N–H and O–H groups in total. The number of allylic oxidation sites excluding steroid dienone is 5. The van der Waals surface area contributed by atoms with E-state index in [1.807, 2.05) is 36.4 Å². The topological polar surface area (TPSA) is 16.4 Å². The molecule has 0 aliphatic heterocycles. The third kappa shape index (κ3) is 4.91. The lowest BCUT2D eigenvalue weighted by Gasteiger charge is -2.28. The van der Waals surface area contributed by atoms with Gasteiger partial charge in [0.15, 0.2) is 0 Å². The molecule has 0 spiro atoms. The number of rotatable bonds is 9. The number of hydrogen-bond acceptors (Lipinski definition) is 2. The lowest BCUT2D eigenvalue weighted by Crippen LogP contribution is -2.16. The standard InChI is InChI=1S/C40H31NO/c1-5-13-29(7-3)37-26-33(32-20-18-31(19-21-32)30-14-9-8-10-15-30)22-25-38(37)41(28(4)6-2)34-23-24-36-35-16-11-12-17-39(35)42-40(36)27-34/h5-27H,1-4H2/b29-13+. The molecule has 0 amide bonds. The molecule has 0 aliphatic carbocycles. The maximum Gasteiger partial charge on any atom is 0.137 e. The minimum absolute atomic E-state index is 0.744. The van der Waals surface area contributed by atoms with Gasteiger partial charge in [-0.25, -0.2) is 0 Å². The van der Waals surface area contributed by atoms with Crippen molar-refractivity contribution in [1.29, 1.82) is 0 Å². The Kier molecular flexibility index (Phi) is 7.28. The van der Waals surface area contributed by atoms with Gasteiger partial charge in [0.25, 0.3) is 0 Å². The lowest BCUT2D eigenvalue weighted by molar-refractivity contribution is 0.669. The fourth-order valence-corrected chi connectivity index (χ4v) is 5.43. The summed E-state index contributed by atoms with van der Waals surface area (Å²) >= 11 is 0. The summed E-state index contributed by atoms with van der Waals surface area (Å²) < 4.78 is 6.23. The largest absolute Gasteiger partial charge is 0.456 e. The molecule has 0 atom stereocenters. The molecule has 42 heavy (non-hydrogen) atoms. The van der Waals surface area contributed by atoms with Crippen molar-refractivity contribution in [2.45, 2.75) is 0 Å². The van der Waals surface area contributed by atoms with Gasteiger partial charge in [-0.2, -0.15) is 0 Å². The molecule has 6 rings (SSSR count). The van der Waals surface area contributed by atoms with E-state index >= 15 is 0 Å². The number of fused-ring (bicyclic) bond motifs is 3. The van der Waals surface area contributed by atoms with Gasteiger partial charge in [0.1, 0.15) is 11.2 Å². The molecule has 5 aromatic carbocycles. The second-order valence-corrected chi connectivity index (χ2v) is 10.0. The summed E-state index contributed by atoms with van der Waals surface area (Å²) in [7, 11) is 0. The molecule has 0 aliphatic rings. The first-order chi connectivity index (χ1) is 20.6. The van der Waals surface area contributed by atoms with Crippen molar-refractivity contribution in [3.05, 3.63) is 177 Å². The van der Waals surface area contributed by atoms with Gasteiger partial charge < -0.3 is 9.32 Å². The van der Waals surface area contributed by atoms with E-state index in [1.165, 1.54) is 11.1 Å². The number of hydrogen-bond donors (Lipinski definition) is 0. The van der Waals surface area contributed by atoms with Crippen LogP contribution in [0.3, 0.4) is 0 Å². The minimum Gasteiger partial charge on any atom is -0.456 e. The summed E-state index contributed by atoms with van der Waals surface area (Å²) in [5.74, 6) is 0. The van der Waals surface area contributed by atoms with E-state index in [1.54, 1.807) is 12.2 Å². The highest BCUT2D eigenvalue weighted by molar-refractivity contribution is 6.06. The van der Waals surface area contributed by atoms with Crippen LogP contribution >= 0.6 is 0 Å². The Bertz CT molecular complexity index is 1990. The van der Waals surface area contributed by atoms with Crippen LogP contribution in [-0.4, -0.2) is 0 Å². The van der Waals surface area contributed by atoms with Crippen molar-refractivity contribution in [2.24, 2.45) is 0 Å². The van der Waals surface area contributed by atoms with Gasteiger partial charge in [-0.15, -0.1) is 0 Å². The second kappa shape index (κ2) is 11.5. The lowest BCUT2D eigenvalue weighted by atomic mass is 9.94. The van der Waals surface area contributed by atoms with E-state index in [0.29, 0.717) is 0 Å². The predicted molar refractivity (Wildman–Crippen MR) is 181 cm³/mol. The molecule has 0 saturated carbocycles. The van der Waals surface area contributed by atoms with Crippen molar-refractivity contribution in [1.82, 2.24) is 0 Å². The van der Waals surface area contributed by atoms with Crippen molar-refractivity contribution >= 4 is 38.9 Å². The van der Waals surface area contributed by atoms with Crippen molar-refractivity contribution in [3.8, 4) is 22.3 Å². The van der Waals surface area contributed by atoms with Gasteiger partial charge in [-0.05, 0) is 64.2 Å². The van der Waals surface area contributed by atoms with Crippen LogP contribution in [0.5, 0.6) is 0 Å². The Hall–Kier alpha value is -5.60. The molecular formula is C40H31NO. The van der Waals surface area contributed by atoms with Gasteiger partial charge in [-0.1, -0.05) is 123 Å². The van der Waals surface area contributed by atoms with E-state index in [0.717, 1.165) is 61.3 Å². The Balaban J connectivity index is 1.49. The quantitative estimate of drug-likeness (QED) is 0.169. The second-order valence-electron chi connectivity index (χ2n) is 10.0. The average molecular weight is 542 g/mol. The first kappa shape index (κ1) is 26.6. The highest BCUT2D eigenvalue weighted by Gasteiger charge is 2.19. The van der Waals surface area contributed by atoms with Crippen LogP contribution < -0.4 is 4.90 Å². The number of para-hydroxylation sites is 1. The number of anilines is 2. The Morgan fingerprint density at radius 2 is 1.24 bits per heavy atom. The van der Waals surface area contributed by atoms with E-state index in [9.17, 15) is 0 Å². The summed E-state index contributed by atoms with van der Waals surface area (Å²) in [5, 5.41) is 2.17. The molecular weight excluding hydrogens is 510 g/mol. The average Bonchev–Trinajstić information content (AvgIpc) is 3.42. The zero-order valence-corrected chi connectivity index (χ0v) is 23.5. The van der Waals surface area contributed by atoms with Gasteiger partial charge >= 0.3 is 0 Å². The summed E-state index contributed by atoms with van der Waals surface area (Å²) in [6.45, 7) is 16.5. The Morgan fingerprint density at radius 1 is 0.595 bits per heavy atom. The molecule has 0 radical (unpaired) electrons. The number of furan rings is 1. The Morgan fingerprint density at radius 3 is 1.95 bits per heavy atom. The fraction of sp³-hybridized carbons (Fsp3) is 0. The maximum absolute atomic E-state index is 6.23. The van der Waals surface area contributed by atoms with Crippen molar-refractivity contribution in [2.75, 3.05) is 4.90 Å². The Labute approximate surface area is 247 Å². The van der Waals surface area contributed by atoms with Crippen LogP contribution in [0.4, 0.5) is 11.4 Å². The fourth-order valence-electron chi connectivity index (χ4n) is 5.43. The molecule has 2 heteroatoms. The van der Waals surface area contributed by atoms with Gasteiger partial charge in [0.05, 0.1) is 5.69 Å². The van der Waals surface area contributed by atoms with Gasteiger partial charge in [0, 0.05) is 33.8 Å². The zero-order chi connectivity index (χ0) is 29.1. The smallest absolute Gasteiger partial charge is 0.137 e. The molecule has 0 unspecified atom stereocenters. The highest BCUT2D eigenvalue weighted by Crippen LogP contribution is 2.41. The zero-order valence-electron chi connectivity index (χ0n) is 23.5. The maximum atomic E-state index is 6.23. The predicted octanol–water partition coefficient (Wildman–Crippen LogP) is 11.5. The summed E-state index contributed by atoms with van der Waals surface area (Å²) in [6, 6.07) is 39.9. The van der Waals surface area contributed by atoms with Crippen LogP contribution in [0, 0.1) is 0 Å². The SMILES string of the molecule is C=C/C=C(\C=C)c1cc(-c2ccc(-c3ccccc3)cc2)ccc1N(C(=C)C=C)c1ccc2c(c1)oc1ccccc12. The first-order valence-corrected chi connectivity index (χ1v) is 13.9. The van der Waals surface area contributed by atoms with Crippen LogP contribution in [0.2, 0.25) is 0 Å². The molecule has 1 aromatic heterocycles. The van der Waals surface area contributed by atoms with E-state index in [2.05, 4.69) is 122 Å². The summed E-state index contributed by atoms with van der Waals surface area (Å²) in [5.41, 5.74) is 10.9. The third-order valence-electron chi connectivity index (χ3n) is 7.53. The van der Waals surface area contributed by atoms with Crippen molar-refractivity contribution in [3.63, 3.8) is 0 Å². The normalized spacial score (nSPS) is 11.4. The van der Waals surface area contributed by atoms with E-state index in [4.69, 9.17) is 4.42 Å². The third-order valence-corrected chi connectivity index (χ3v) is 7.53. The van der Waals surface area contributed by atoms with Crippen LogP contribution in [0.15, 0.2) is 176 Å². The van der Waals surface area contributed by atoms with E-state index < -0.39 is 0 Å². The molecule has 6 aromatic rings. The molecule has 202 valence electrons. The van der Waals surface area contributed by atoms with Crippen LogP contribution in [-0.2, 0) is 0 Å². The minimum atomic E-state index is 0.744. The highest BCUT2D eigenvalue weighted by atomic mass is 16.3. The van der Waals surface area contributed by atoms with Crippen LogP contribution in [0.1, 0.15) is 5.56 Å². The monoisotopic (exact) mass is 541 g/mol. The summed E-state index contributed by atoms with van der Waals surface area (Å²) in [4.78, 5) is 2.11. The molecule has 1 heterocycles. The van der Waals surface area contributed by atoms with Crippen LogP contribution in [0.25, 0.3) is 49.8 Å². The van der Waals surface area contributed by atoms with Crippen molar-refractivity contribution < 1.29 is 4.42 Å². The molecule has 0 bridgehead atoms.